The lowest BCUT2D eigenvalue weighted by Crippen LogP contribution is -2.40. The van der Waals surface area contributed by atoms with E-state index >= 15 is 0 Å². The number of nitrogens with zero attached hydrogens (tertiary/aromatic N) is 4. The molecule has 3 aromatic rings. The predicted octanol–water partition coefficient (Wildman–Crippen LogP) is 3.99. The van der Waals surface area contributed by atoms with E-state index in [9.17, 15) is 19.5 Å². The van der Waals surface area contributed by atoms with Crippen LogP contribution in [0.3, 0.4) is 0 Å². The topological polar surface area (TPSA) is 126 Å². The zero-order chi connectivity index (χ0) is 27.7. The van der Waals surface area contributed by atoms with Crippen molar-refractivity contribution in [1.29, 1.82) is 0 Å². The Bertz CT molecular complexity index is 1480. The SMILES string of the molecule is CC(C)(C)OC(=O)/C=C/c1c(N2CCCC(O)C2)nc2cc(C(=O)Nc3nc(C4CCC4)cs3)ccn2c1=O. The molecule has 1 aliphatic carbocycles. The van der Waals surface area contributed by atoms with Crippen LogP contribution in [0.15, 0.2) is 34.6 Å². The van der Waals surface area contributed by atoms with Crippen molar-refractivity contribution >= 4 is 45.9 Å². The summed E-state index contributed by atoms with van der Waals surface area (Å²) < 4.78 is 6.69. The summed E-state index contributed by atoms with van der Waals surface area (Å²) in [5.41, 5.74) is 0.776. The van der Waals surface area contributed by atoms with E-state index in [1.807, 2.05) is 10.3 Å². The normalized spacial score (nSPS) is 18.4. The average Bonchev–Trinajstić information content (AvgIpc) is 3.28. The molecule has 10 nitrogen and oxygen atoms in total. The second-order valence-corrected chi connectivity index (χ2v) is 11.9. The summed E-state index contributed by atoms with van der Waals surface area (Å²) in [6.45, 7) is 6.20. The first-order valence-corrected chi connectivity index (χ1v) is 14.1. The number of thiazole rings is 1. The molecule has 1 unspecified atom stereocenters. The first-order valence-electron chi connectivity index (χ1n) is 13.2. The average molecular weight is 552 g/mol. The van der Waals surface area contributed by atoms with Gasteiger partial charge in [0, 0.05) is 42.2 Å². The highest BCUT2D eigenvalue weighted by Gasteiger charge is 2.25. The van der Waals surface area contributed by atoms with Crippen LogP contribution in [0, 0.1) is 0 Å². The molecule has 0 spiro atoms. The van der Waals surface area contributed by atoms with E-state index in [0.717, 1.165) is 25.0 Å². The number of carbonyl (C=O) groups is 2. The fourth-order valence-electron chi connectivity index (χ4n) is 4.71. The maximum atomic E-state index is 13.6. The van der Waals surface area contributed by atoms with Crippen LogP contribution in [-0.4, -0.2) is 56.1 Å². The van der Waals surface area contributed by atoms with Crippen molar-refractivity contribution < 1.29 is 19.4 Å². The molecule has 3 aromatic heterocycles. The molecular weight excluding hydrogens is 518 g/mol. The van der Waals surface area contributed by atoms with Gasteiger partial charge in [0.2, 0.25) is 0 Å². The molecule has 1 aliphatic heterocycles. The maximum absolute atomic E-state index is 13.6. The van der Waals surface area contributed by atoms with Gasteiger partial charge in [0.1, 0.15) is 17.1 Å². The minimum atomic E-state index is -0.674. The number of fused-ring (bicyclic) bond motifs is 1. The van der Waals surface area contributed by atoms with Gasteiger partial charge in [-0.15, -0.1) is 11.3 Å². The zero-order valence-corrected chi connectivity index (χ0v) is 23.2. The number of carbonyl (C=O) groups excluding carboxylic acids is 2. The van der Waals surface area contributed by atoms with Gasteiger partial charge in [0.25, 0.3) is 11.5 Å². The summed E-state index contributed by atoms with van der Waals surface area (Å²) in [5.74, 6) is -0.0912. The summed E-state index contributed by atoms with van der Waals surface area (Å²) in [6.07, 6.45) is 8.45. The number of piperidine rings is 1. The number of nitrogens with one attached hydrogen (secondary N) is 1. The number of hydrogen-bond donors (Lipinski definition) is 2. The molecule has 206 valence electrons. The second kappa shape index (κ2) is 10.9. The van der Waals surface area contributed by atoms with Crippen LogP contribution < -0.4 is 15.8 Å². The molecule has 1 atom stereocenters. The highest BCUT2D eigenvalue weighted by molar-refractivity contribution is 7.14. The number of β-amino-alcohol motifs (C(OH)–C–C–N with tert-alkyl or cyclic N) is 1. The van der Waals surface area contributed by atoms with Crippen molar-refractivity contribution in [3.63, 3.8) is 0 Å². The van der Waals surface area contributed by atoms with Gasteiger partial charge in [-0.25, -0.2) is 14.8 Å². The Balaban J connectivity index is 1.47. The van der Waals surface area contributed by atoms with E-state index in [1.165, 1.54) is 40.5 Å². The van der Waals surface area contributed by atoms with Gasteiger partial charge in [-0.05, 0) is 64.7 Å². The number of pyridine rings is 1. The number of anilines is 2. The third kappa shape index (κ3) is 6.20. The van der Waals surface area contributed by atoms with Crippen molar-refractivity contribution in [3.8, 4) is 0 Å². The summed E-state index contributed by atoms with van der Waals surface area (Å²) in [5, 5.41) is 15.7. The molecule has 39 heavy (non-hydrogen) atoms. The monoisotopic (exact) mass is 551 g/mol. The molecule has 0 aromatic carbocycles. The molecule has 0 radical (unpaired) electrons. The van der Waals surface area contributed by atoms with E-state index in [-0.39, 0.29) is 17.1 Å². The van der Waals surface area contributed by atoms with Crippen LogP contribution in [0.5, 0.6) is 0 Å². The number of esters is 1. The first kappa shape index (κ1) is 27.0. The van der Waals surface area contributed by atoms with Crippen molar-refractivity contribution in [1.82, 2.24) is 14.4 Å². The van der Waals surface area contributed by atoms with E-state index in [1.54, 1.807) is 32.9 Å². The largest absolute Gasteiger partial charge is 0.457 e. The minimum absolute atomic E-state index is 0.205. The summed E-state index contributed by atoms with van der Waals surface area (Å²) >= 11 is 1.40. The molecule has 1 amide bonds. The lowest BCUT2D eigenvalue weighted by atomic mass is 9.83. The minimum Gasteiger partial charge on any atom is -0.457 e. The van der Waals surface area contributed by atoms with Gasteiger partial charge in [-0.2, -0.15) is 0 Å². The standard InChI is InChI=1S/C28H33N5O5S/c1-28(2,3)38-23(35)10-9-20-24(32-12-5-8-19(34)15-32)30-22-14-18(11-13-33(22)26(20)37)25(36)31-27-29-21(16-39-27)17-6-4-7-17/h9-11,13-14,16-17,19,34H,4-8,12,15H2,1-3H3,(H,29,31,36)/b10-9+. The molecule has 2 fully saturated rings. The van der Waals surface area contributed by atoms with Crippen LogP contribution in [-0.2, 0) is 9.53 Å². The van der Waals surface area contributed by atoms with Crippen LogP contribution in [0.25, 0.3) is 11.7 Å². The molecule has 11 heteroatoms. The van der Waals surface area contributed by atoms with Crippen molar-refractivity contribution in [2.45, 2.75) is 70.5 Å². The summed E-state index contributed by atoms with van der Waals surface area (Å²) in [7, 11) is 0. The number of rotatable bonds is 6. The van der Waals surface area contributed by atoms with Gasteiger partial charge in [-0.3, -0.25) is 19.3 Å². The Labute approximate surface area is 230 Å². The molecule has 1 saturated heterocycles. The van der Waals surface area contributed by atoms with Crippen LogP contribution in [0.1, 0.15) is 80.4 Å². The molecule has 2 N–H and O–H groups in total. The fraction of sp³-hybridized carbons (Fsp3) is 0.464. The van der Waals surface area contributed by atoms with E-state index in [4.69, 9.17) is 9.72 Å². The Hall–Kier alpha value is -3.57. The van der Waals surface area contributed by atoms with Gasteiger partial charge < -0.3 is 14.7 Å². The highest BCUT2D eigenvalue weighted by atomic mass is 32.1. The molecule has 2 aliphatic rings. The fourth-order valence-corrected chi connectivity index (χ4v) is 5.49. The lowest BCUT2D eigenvalue weighted by molar-refractivity contribution is -0.148. The summed E-state index contributed by atoms with van der Waals surface area (Å²) in [6, 6.07) is 3.11. The highest BCUT2D eigenvalue weighted by Crippen LogP contribution is 2.37. The van der Waals surface area contributed by atoms with Gasteiger partial charge in [0.15, 0.2) is 5.13 Å². The third-order valence-electron chi connectivity index (χ3n) is 6.86. The van der Waals surface area contributed by atoms with Crippen molar-refractivity contribution in [3.05, 3.63) is 57.0 Å². The quantitative estimate of drug-likeness (QED) is 0.348. The Kier molecular flexibility index (Phi) is 7.55. The first-order chi connectivity index (χ1) is 18.6. The van der Waals surface area contributed by atoms with Crippen molar-refractivity contribution in [2.75, 3.05) is 23.3 Å². The molecular formula is C28H33N5O5S. The third-order valence-corrected chi connectivity index (χ3v) is 7.64. The van der Waals surface area contributed by atoms with Crippen molar-refractivity contribution in [2.24, 2.45) is 0 Å². The van der Waals surface area contributed by atoms with Gasteiger partial charge in [-0.1, -0.05) is 6.42 Å². The zero-order valence-electron chi connectivity index (χ0n) is 22.3. The predicted molar refractivity (Wildman–Crippen MR) is 150 cm³/mol. The Morgan fingerprint density at radius 3 is 2.69 bits per heavy atom. The van der Waals surface area contributed by atoms with Crippen LogP contribution >= 0.6 is 11.3 Å². The number of ether oxygens (including phenoxy) is 1. The number of amides is 1. The number of hydrogen-bond acceptors (Lipinski definition) is 9. The number of aliphatic hydroxyl groups is 1. The Morgan fingerprint density at radius 2 is 2.00 bits per heavy atom. The number of aliphatic hydroxyl groups excluding tert-OH is 1. The molecule has 4 heterocycles. The van der Waals surface area contributed by atoms with E-state index < -0.39 is 23.2 Å². The number of aromatic nitrogens is 3. The maximum Gasteiger partial charge on any atom is 0.331 e. The summed E-state index contributed by atoms with van der Waals surface area (Å²) in [4.78, 5) is 50.1. The van der Waals surface area contributed by atoms with E-state index in [2.05, 4.69) is 10.3 Å². The van der Waals surface area contributed by atoms with E-state index in [0.29, 0.717) is 41.9 Å². The smallest absolute Gasteiger partial charge is 0.331 e. The second-order valence-electron chi connectivity index (χ2n) is 11.1. The van der Waals surface area contributed by atoms with Gasteiger partial charge in [0.05, 0.1) is 17.4 Å². The van der Waals surface area contributed by atoms with Crippen LogP contribution in [0.4, 0.5) is 10.9 Å². The molecule has 1 saturated carbocycles. The van der Waals surface area contributed by atoms with Crippen LogP contribution in [0.2, 0.25) is 0 Å². The Morgan fingerprint density at radius 1 is 1.21 bits per heavy atom. The molecule has 0 bridgehead atoms. The van der Waals surface area contributed by atoms with Gasteiger partial charge >= 0.3 is 5.97 Å². The molecule has 5 rings (SSSR count). The lowest BCUT2D eigenvalue weighted by Gasteiger charge is -2.32.